The molecule has 33 heavy (non-hydrogen) atoms. The number of anilines is 2. The average Bonchev–Trinajstić information content (AvgIpc) is 3.31. The number of aromatic nitrogens is 2. The number of hydrogen-bond donors (Lipinski definition) is 1. The number of halogens is 3. The van der Waals surface area contributed by atoms with Crippen LogP contribution < -0.4 is 14.8 Å². The third-order valence-electron chi connectivity index (χ3n) is 5.34. The highest BCUT2D eigenvalue weighted by atomic mass is 35.5. The van der Waals surface area contributed by atoms with E-state index in [-0.39, 0.29) is 18.1 Å². The fraction of sp³-hybridized carbons (Fsp3) is 0.391. The Morgan fingerprint density at radius 3 is 2.64 bits per heavy atom. The summed E-state index contributed by atoms with van der Waals surface area (Å²) in [7, 11) is 1.57. The first-order valence-corrected chi connectivity index (χ1v) is 11.0. The number of benzene rings is 2. The minimum absolute atomic E-state index is 0. The first-order valence-electron chi connectivity index (χ1n) is 10.6. The van der Waals surface area contributed by atoms with E-state index in [9.17, 15) is 4.39 Å². The molecule has 0 bridgehead atoms. The predicted octanol–water partition coefficient (Wildman–Crippen LogP) is 5.09. The second kappa shape index (κ2) is 12.2. The summed E-state index contributed by atoms with van der Waals surface area (Å²) in [6.45, 7) is 4.87. The summed E-state index contributed by atoms with van der Waals surface area (Å²) >= 11 is 5.84. The summed E-state index contributed by atoms with van der Waals surface area (Å²) in [6, 6.07) is 7.96. The molecule has 1 aliphatic heterocycles. The fourth-order valence-electron chi connectivity index (χ4n) is 3.67. The number of ether oxygens (including phenoxy) is 3. The number of hydrogen-bond acceptors (Lipinski definition) is 7. The van der Waals surface area contributed by atoms with Gasteiger partial charge in [-0.3, -0.25) is 0 Å². The number of nitrogens with zero attached hydrogens (tertiary/aromatic N) is 3. The Hall–Kier alpha value is -2.39. The third-order valence-corrected chi connectivity index (χ3v) is 5.58. The summed E-state index contributed by atoms with van der Waals surface area (Å²) in [5, 5.41) is 3.99. The summed E-state index contributed by atoms with van der Waals surface area (Å²) < 4.78 is 31.3. The van der Waals surface area contributed by atoms with Crippen molar-refractivity contribution in [1.82, 2.24) is 14.9 Å². The van der Waals surface area contributed by atoms with Crippen molar-refractivity contribution in [3.63, 3.8) is 0 Å². The van der Waals surface area contributed by atoms with Gasteiger partial charge >= 0.3 is 0 Å². The maximum absolute atomic E-state index is 14.2. The lowest BCUT2D eigenvalue weighted by Crippen LogP contribution is -2.24. The molecule has 0 radical (unpaired) electrons. The van der Waals surface area contributed by atoms with E-state index in [1.165, 1.54) is 25.2 Å². The number of likely N-dealkylation sites (tertiary alicyclic amines) is 1. The van der Waals surface area contributed by atoms with Crippen LogP contribution >= 0.6 is 24.0 Å². The Labute approximate surface area is 203 Å². The van der Waals surface area contributed by atoms with Gasteiger partial charge in [-0.2, -0.15) is 0 Å². The number of fused-ring (bicyclic) bond motifs is 1. The zero-order chi connectivity index (χ0) is 22.3. The van der Waals surface area contributed by atoms with Crippen molar-refractivity contribution in [1.29, 1.82) is 0 Å². The first-order chi connectivity index (χ1) is 15.6. The minimum atomic E-state index is -0.471. The van der Waals surface area contributed by atoms with Crippen LogP contribution in [0.2, 0.25) is 5.02 Å². The van der Waals surface area contributed by atoms with Gasteiger partial charge in [-0.1, -0.05) is 11.6 Å². The zero-order valence-electron chi connectivity index (χ0n) is 18.4. The van der Waals surface area contributed by atoms with Gasteiger partial charge in [0, 0.05) is 23.0 Å². The van der Waals surface area contributed by atoms with E-state index in [1.807, 2.05) is 0 Å². The Morgan fingerprint density at radius 2 is 1.88 bits per heavy atom. The molecule has 1 fully saturated rings. The normalized spacial score (nSPS) is 13.7. The SMILES string of the molecule is COc1cc2c(Nc3ccc(Cl)cc3F)ncnc2cc1OCCOCCN1CCCC1.Cl. The summed E-state index contributed by atoms with van der Waals surface area (Å²) in [5.41, 5.74) is 0.905. The predicted molar refractivity (Wildman–Crippen MR) is 130 cm³/mol. The second-order valence-electron chi connectivity index (χ2n) is 7.50. The van der Waals surface area contributed by atoms with Crippen molar-refractivity contribution < 1.29 is 18.6 Å². The van der Waals surface area contributed by atoms with Crippen molar-refractivity contribution in [3.05, 3.63) is 47.5 Å². The van der Waals surface area contributed by atoms with E-state index in [2.05, 4.69) is 20.2 Å². The second-order valence-corrected chi connectivity index (χ2v) is 7.94. The molecule has 2 aromatic carbocycles. The van der Waals surface area contributed by atoms with Crippen LogP contribution in [0, 0.1) is 5.82 Å². The Bertz CT molecular complexity index is 1070. The van der Waals surface area contributed by atoms with Gasteiger partial charge in [0.1, 0.15) is 24.6 Å². The number of nitrogens with one attached hydrogen (secondary N) is 1. The van der Waals surface area contributed by atoms with Crippen LogP contribution in [0.3, 0.4) is 0 Å². The Kier molecular flexibility index (Phi) is 9.31. The van der Waals surface area contributed by atoms with Crippen LogP contribution in [0.1, 0.15) is 12.8 Å². The van der Waals surface area contributed by atoms with E-state index < -0.39 is 5.82 Å². The zero-order valence-corrected chi connectivity index (χ0v) is 19.9. The standard InChI is InChI=1S/C23H26ClFN4O3.ClH/c1-30-21-13-17-20(14-22(21)32-11-10-31-9-8-29-6-2-3-7-29)26-15-27-23(17)28-19-5-4-16(24)12-18(19)25;/h4-5,12-15H,2-3,6-11H2,1H3,(H,26,27,28);1H. The van der Waals surface area contributed by atoms with E-state index in [4.69, 9.17) is 25.8 Å². The molecule has 1 aromatic heterocycles. The van der Waals surface area contributed by atoms with Gasteiger partial charge in [0.15, 0.2) is 11.5 Å². The molecule has 4 rings (SSSR count). The van der Waals surface area contributed by atoms with E-state index in [0.29, 0.717) is 53.1 Å². The lowest BCUT2D eigenvalue weighted by molar-refractivity contribution is 0.0838. The van der Waals surface area contributed by atoms with Gasteiger partial charge in [-0.15, -0.1) is 12.4 Å². The van der Waals surface area contributed by atoms with Crippen molar-refractivity contribution >= 4 is 46.4 Å². The van der Waals surface area contributed by atoms with E-state index in [0.717, 1.165) is 19.6 Å². The summed E-state index contributed by atoms with van der Waals surface area (Å²) in [4.78, 5) is 11.0. The highest BCUT2D eigenvalue weighted by Gasteiger charge is 2.14. The van der Waals surface area contributed by atoms with Crippen LogP contribution in [0.25, 0.3) is 10.9 Å². The largest absolute Gasteiger partial charge is 0.493 e. The molecule has 0 aliphatic carbocycles. The smallest absolute Gasteiger partial charge is 0.163 e. The number of rotatable bonds is 10. The molecule has 2 heterocycles. The van der Waals surface area contributed by atoms with Gasteiger partial charge in [0.2, 0.25) is 0 Å². The molecular weight excluding hydrogens is 470 g/mol. The molecule has 0 saturated carbocycles. The average molecular weight is 497 g/mol. The van der Waals surface area contributed by atoms with Gasteiger partial charge in [-0.05, 0) is 50.2 Å². The molecule has 3 aromatic rings. The van der Waals surface area contributed by atoms with Crippen LogP contribution in [0.15, 0.2) is 36.7 Å². The molecule has 0 spiro atoms. The maximum atomic E-state index is 14.2. The topological polar surface area (TPSA) is 68.7 Å². The van der Waals surface area contributed by atoms with Gasteiger partial charge in [-0.25, -0.2) is 14.4 Å². The van der Waals surface area contributed by atoms with Crippen molar-refractivity contribution in [2.24, 2.45) is 0 Å². The lowest BCUT2D eigenvalue weighted by atomic mass is 10.2. The van der Waals surface area contributed by atoms with Crippen LogP contribution in [0.5, 0.6) is 11.5 Å². The first kappa shape index (κ1) is 25.2. The maximum Gasteiger partial charge on any atom is 0.163 e. The van der Waals surface area contributed by atoms with Crippen LogP contribution in [-0.2, 0) is 4.74 Å². The molecule has 0 amide bonds. The fourth-order valence-corrected chi connectivity index (χ4v) is 3.83. The molecular formula is C23H27Cl2FN4O3. The molecule has 1 aliphatic rings. The molecule has 178 valence electrons. The highest BCUT2D eigenvalue weighted by molar-refractivity contribution is 6.30. The van der Waals surface area contributed by atoms with E-state index in [1.54, 1.807) is 31.4 Å². The molecule has 7 nitrogen and oxygen atoms in total. The molecule has 0 atom stereocenters. The van der Waals surface area contributed by atoms with Gasteiger partial charge < -0.3 is 24.4 Å². The molecule has 0 unspecified atom stereocenters. The monoisotopic (exact) mass is 496 g/mol. The summed E-state index contributed by atoms with van der Waals surface area (Å²) in [5.74, 6) is 1.07. The van der Waals surface area contributed by atoms with Gasteiger partial charge in [0.05, 0.1) is 31.5 Å². The van der Waals surface area contributed by atoms with Crippen molar-refractivity contribution in [3.8, 4) is 11.5 Å². The van der Waals surface area contributed by atoms with Crippen molar-refractivity contribution in [2.75, 3.05) is 51.9 Å². The van der Waals surface area contributed by atoms with Crippen LogP contribution in [0.4, 0.5) is 15.9 Å². The Balaban J connectivity index is 0.00000306. The molecule has 10 heteroatoms. The van der Waals surface area contributed by atoms with E-state index >= 15 is 0 Å². The highest BCUT2D eigenvalue weighted by Crippen LogP contribution is 2.35. The quantitative estimate of drug-likeness (QED) is 0.392. The lowest BCUT2D eigenvalue weighted by Gasteiger charge is -2.15. The third kappa shape index (κ3) is 6.57. The van der Waals surface area contributed by atoms with Crippen LogP contribution in [-0.4, -0.2) is 61.4 Å². The Morgan fingerprint density at radius 1 is 1.06 bits per heavy atom. The van der Waals surface area contributed by atoms with Gasteiger partial charge in [0.25, 0.3) is 0 Å². The molecule has 1 N–H and O–H groups in total. The summed E-state index contributed by atoms with van der Waals surface area (Å²) in [6.07, 6.45) is 3.97. The van der Waals surface area contributed by atoms with Crippen molar-refractivity contribution in [2.45, 2.75) is 12.8 Å². The minimum Gasteiger partial charge on any atom is -0.493 e. The number of methoxy groups -OCH3 is 1. The molecule has 1 saturated heterocycles.